The van der Waals surface area contributed by atoms with Crippen molar-refractivity contribution in [3.05, 3.63) is 18.2 Å². The van der Waals surface area contributed by atoms with Gasteiger partial charge >= 0.3 is 0 Å². The van der Waals surface area contributed by atoms with Gasteiger partial charge < -0.3 is 14.2 Å². The summed E-state index contributed by atoms with van der Waals surface area (Å²) < 4.78 is 15.5. The van der Waals surface area contributed by atoms with Crippen molar-refractivity contribution in [1.29, 1.82) is 0 Å². The molecule has 0 aliphatic carbocycles. The molecule has 0 unspecified atom stereocenters. The van der Waals surface area contributed by atoms with Gasteiger partial charge in [-0.25, -0.2) is 0 Å². The second-order valence-electron chi connectivity index (χ2n) is 2.45. The highest BCUT2D eigenvalue weighted by Gasteiger charge is 2.04. The number of hydrogen-bond donors (Lipinski definition) is 0. The number of rotatable bonds is 4. The second kappa shape index (κ2) is 4.60. The Hall–Kier alpha value is -1.38. The molecule has 0 fully saturated rings. The zero-order chi connectivity index (χ0) is 9.68. The van der Waals surface area contributed by atoms with Gasteiger partial charge in [-0.3, -0.25) is 0 Å². The summed E-state index contributed by atoms with van der Waals surface area (Å²) >= 11 is 0. The Labute approximate surface area is 78.2 Å². The first-order chi connectivity index (χ1) is 6.31. The van der Waals surface area contributed by atoms with E-state index in [1.165, 1.54) is 0 Å². The summed E-state index contributed by atoms with van der Waals surface area (Å²) in [6.07, 6.45) is 0. The summed E-state index contributed by atoms with van der Waals surface area (Å²) in [6, 6.07) is 5.47. The fourth-order valence-electron chi connectivity index (χ4n) is 1.05. The standard InChI is InChI=1S/C10H14O3/c1-4-13-10-7-8(11-2)5-6-9(10)12-3/h5-7H,4H2,1-3H3. The van der Waals surface area contributed by atoms with Gasteiger partial charge in [0.15, 0.2) is 11.5 Å². The fraction of sp³-hybridized carbons (Fsp3) is 0.400. The third-order valence-corrected chi connectivity index (χ3v) is 1.67. The first kappa shape index (κ1) is 9.71. The van der Waals surface area contributed by atoms with Crippen LogP contribution in [0.25, 0.3) is 0 Å². The minimum absolute atomic E-state index is 0.615. The molecular formula is C10H14O3. The maximum absolute atomic E-state index is 5.37. The molecule has 72 valence electrons. The Bertz CT molecular complexity index is 271. The molecule has 0 aliphatic heterocycles. The molecule has 0 aromatic heterocycles. The molecule has 0 saturated carbocycles. The van der Waals surface area contributed by atoms with E-state index in [0.717, 1.165) is 11.5 Å². The molecule has 3 heteroatoms. The lowest BCUT2D eigenvalue weighted by atomic mass is 10.3. The van der Waals surface area contributed by atoms with Gasteiger partial charge in [0.05, 0.1) is 20.8 Å². The van der Waals surface area contributed by atoms with Crippen molar-refractivity contribution in [2.45, 2.75) is 6.92 Å². The van der Waals surface area contributed by atoms with E-state index in [2.05, 4.69) is 0 Å². The Morgan fingerprint density at radius 3 is 2.38 bits per heavy atom. The zero-order valence-electron chi connectivity index (χ0n) is 8.16. The Morgan fingerprint density at radius 2 is 1.85 bits per heavy atom. The van der Waals surface area contributed by atoms with Crippen LogP contribution >= 0.6 is 0 Å². The van der Waals surface area contributed by atoms with Crippen molar-refractivity contribution >= 4 is 0 Å². The molecule has 3 nitrogen and oxygen atoms in total. The summed E-state index contributed by atoms with van der Waals surface area (Å²) in [6.45, 7) is 2.54. The second-order valence-corrected chi connectivity index (χ2v) is 2.45. The van der Waals surface area contributed by atoms with Crippen LogP contribution in [-0.2, 0) is 0 Å². The zero-order valence-corrected chi connectivity index (χ0v) is 8.16. The van der Waals surface area contributed by atoms with Crippen LogP contribution < -0.4 is 14.2 Å². The SMILES string of the molecule is CCOc1cc(OC)ccc1OC. The van der Waals surface area contributed by atoms with Crippen molar-refractivity contribution < 1.29 is 14.2 Å². The third-order valence-electron chi connectivity index (χ3n) is 1.67. The van der Waals surface area contributed by atoms with Gasteiger partial charge in [0.1, 0.15) is 5.75 Å². The van der Waals surface area contributed by atoms with E-state index in [-0.39, 0.29) is 0 Å². The topological polar surface area (TPSA) is 27.7 Å². The normalized spacial score (nSPS) is 9.46. The minimum atomic E-state index is 0.615. The summed E-state index contributed by atoms with van der Waals surface area (Å²) in [5.41, 5.74) is 0. The highest BCUT2D eigenvalue weighted by molar-refractivity contribution is 5.45. The molecule has 1 aromatic rings. The van der Waals surface area contributed by atoms with Crippen molar-refractivity contribution in [2.75, 3.05) is 20.8 Å². The van der Waals surface area contributed by atoms with E-state index in [9.17, 15) is 0 Å². The van der Waals surface area contributed by atoms with Crippen molar-refractivity contribution in [2.24, 2.45) is 0 Å². The lowest BCUT2D eigenvalue weighted by molar-refractivity contribution is 0.307. The van der Waals surface area contributed by atoms with Crippen LogP contribution in [0.3, 0.4) is 0 Å². The summed E-state index contributed by atoms with van der Waals surface area (Å²) in [7, 11) is 3.24. The fourth-order valence-corrected chi connectivity index (χ4v) is 1.05. The molecule has 0 atom stereocenters. The van der Waals surface area contributed by atoms with Crippen LogP contribution in [0.4, 0.5) is 0 Å². The molecule has 1 rings (SSSR count). The first-order valence-corrected chi connectivity index (χ1v) is 4.16. The quantitative estimate of drug-likeness (QED) is 0.713. The summed E-state index contributed by atoms with van der Waals surface area (Å²) in [4.78, 5) is 0. The van der Waals surface area contributed by atoms with Crippen molar-refractivity contribution in [3.63, 3.8) is 0 Å². The van der Waals surface area contributed by atoms with E-state index in [1.54, 1.807) is 14.2 Å². The molecule has 0 bridgehead atoms. The van der Waals surface area contributed by atoms with Crippen molar-refractivity contribution in [3.8, 4) is 17.2 Å². The molecule has 0 N–H and O–H groups in total. The van der Waals surface area contributed by atoms with E-state index in [1.807, 2.05) is 25.1 Å². The third kappa shape index (κ3) is 2.28. The van der Waals surface area contributed by atoms with Gasteiger partial charge in [0.25, 0.3) is 0 Å². The Kier molecular flexibility index (Phi) is 3.43. The number of ether oxygens (including phenoxy) is 3. The van der Waals surface area contributed by atoms with Crippen molar-refractivity contribution in [1.82, 2.24) is 0 Å². The minimum Gasteiger partial charge on any atom is -0.497 e. The highest BCUT2D eigenvalue weighted by atomic mass is 16.5. The number of benzene rings is 1. The molecular weight excluding hydrogens is 168 g/mol. The largest absolute Gasteiger partial charge is 0.497 e. The molecule has 0 heterocycles. The number of hydrogen-bond acceptors (Lipinski definition) is 3. The Morgan fingerprint density at radius 1 is 1.08 bits per heavy atom. The number of methoxy groups -OCH3 is 2. The molecule has 0 amide bonds. The summed E-state index contributed by atoms with van der Waals surface area (Å²) in [5, 5.41) is 0. The van der Waals surface area contributed by atoms with E-state index in [4.69, 9.17) is 14.2 Å². The average molecular weight is 182 g/mol. The molecule has 0 aliphatic rings. The van der Waals surface area contributed by atoms with Crippen LogP contribution in [-0.4, -0.2) is 20.8 Å². The van der Waals surface area contributed by atoms with E-state index in [0.29, 0.717) is 12.4 Å². The van der Waals surface area contributed by atoms with Crippen LogP contribution in [0, 0.1) is 0 Å². The van der Waals surface area contributed by atoms with E-state index >= 15 is 0 Å². The lowest BCUT2D eigenvalue weighted by Crippen LogP contribution is -1.95. The van der Waals surface area contributed by atoms with Gasteiger partial charge in [-0.1, -0.05) is 0 Å². The first-order valence-electron chi connectivity index (χ1n) is 4.16. The van der Waals surface area contributed by atoms with Crippen LogP contribution in [0.1, 0.15) is 6.92 Å². The molecule has 13 heavy (non-hydrogen) atoms. The molecule has 0 spiro atoms. The highest BCUT2D eigenvalue weighted by Crippen LogP contribution is 2.30. The monoisotopic (exact) mass is 182 g/mol. The Balaban J connectivity index is 2.95. The van der Waals surface area contributed by atoms with Crippen LogP contribution in [0.15, 0.2) is 18.2 Å². The van der Waals surface area contributed by atoms with Gasteiger partial charge in [-0.15, -0.1) is 0 Å². The predicted octanol–water partition coefficient (Wildman–Crippen LogP) is 2.10. The predicted molar refractivity (Wildman–Crippen MR) is 50.7 cm³/mol. The van der Waals surface area contributed by atoms with Crippen LogP contribution in [0.5, 0.6) is 17.2 Å². The average Bonchev–Trinajstić information content (AvgIpc) is 2.18. The maximum atomic E-state index is 5.37. The van der Waals surface area contributed by atoms with Gasteiger partial charge in [-0.05, 0) is 19.1 Å². The van der Waals surface area contributed by atoms with Gasteiger partial charge in [0.2, 0.25) is 0 Å². The lowest BCUT2D eigenvalue weighted by Gasteiger charge is -2.10. The molecule has 0 radical (unpaired) electrons. The molecule has 1 aromatic carbocycles. The van der Waals surface area contributed by atoms with Gasteiger partial charge in [-0.2, -0.15) is 0 Å². The smallest absolute Gasteiger partial charge is 0.164 e. The van der Waals surface area contributed by atoms with Crippen LogP contribution in [0.2, 0.25) is 0 Å². The van der Waals surface area contributed by atoms with E-state index < -0.39 is 0 Å². The molecule has 0 saturated heterocycles. The maximum Gasteiger partial charge on any atom is 0.164 e. The van der Waals surface area contributed by atoms with Gasteiger partial charge in [0, 0.05) is 6.07 Å². The summed E-state index contributed by atoms with van der Waals surface area (Å²) in [5.74, 6) is 2.20.